The zero-order valence-electron chi connectivity index (χ0n) is 11.6. The average molecular weight is 305 g/mol. The van der Waals surface area contributed by atoms with Gasteiger partial charge in [-0.3, -0.25) is 5.10 Å². The van der Waals surface area contributed by atoms with Gasteiger partial charge in [0.05, 0.1) is 0 Å². The van der Waals surface area contributed by atoms with Gasteiger partial charge in [-0.05, 0) is 27.2 Å². The highest BCUT2D eigenvalue weighted by Gasteiger charge is 2.34. The van der Waals surface area contributed by atoms with Crippen LogP contribution in [0.2, 0.25) is 0 Å². The lowest BCUT2D eigenvalue weighted by Gasteiger charge is -2.24. The van der Waals surface area contributed by atoms with Gasteiger partial charge in [0.2, 0.25) is 5.03 Å². The molecule has 0 spiro atoms. The van der Waals surface area contributed by atoms with Crippen LogP contribution in [0.3, 0.4) is 0 Å². The Morgan fingerprint density at radius 3 is 2.50 bits per heavy atom. The number of rotatable bonds is 7. The van der Waals surface area contributed by atoms with E-state index in [-0.39, 0.29) is 36.9 Å². The number of nitrogens with zero attached hydrogens (tertiary/aromatic N) is 2. The molecule has 1 aromatic rings. The molecular formula is C11H19N3O5S. The molecule has 9 heteroatoms. The molecule has 8 nitrogen and oxygen atoms in total. The van der Waals surface area contributed by atoms with Crippen molar-refractivity contribution >= 4 is 16.0 Å². The summed E-state index contributed by atoms with van der Waals surface area (Å²) in [6, 6.07) is -0.370. The summed E-state index contributed by atoms with van der Waals surface area (Å²) in [5.41, 5.74) is -0.165. The topological polar surface area (TPSA) is 124 Å². The third-order valence-electron chi connectivity index (χ3n) is 2.79. The Balaban J connectivity index is 3.30. The lowest BCUT2D eigenvalue weighted by molar-refractivity contribution is 0.0691. The van der Waals surface area contributed by atoms with Gasteiger partial charge in [0.1, 0.15) is 5.56 Å². The number of carboxylic acids is 1. The smallest absolute Gasteiger partial charge is 0.340 e. The lowest BCUT2D eigenvalue weighted by Crippen LogP contribution is -2.38. The predicted octanol–water partition coefficient (Wildman–Crippen LogP) is 0.198. The maximum absolute atomic E-state index is 12.5. The fourth-order valence-corrected chi connectivity index (χ4v) is 3.64. The number of hydrogen-bond donors (Lipinski definition) is 3. The van der Waals surface area contributed by atoms with E-state index in [0.29, 0.717) is 0 Å². The summed E-state index contributed by atoms with van der Waals surface area (Å²) in [7, 11) is -4.03. The van der Waals surface area contributed by atoms with Crippen LogP contribution in [-0.2, 0) is 10.0 Å². The number of carbonyl (C=O) groups is 1. The van der Waals surface area contributed by atoms with Gasteiger partial charge in [-0.1, -0.05) is 0 Å². The minimum Gasteiger partial charge on any atom is -0.478 e. The molecule has 1 rings (SSSR count). The maximum atomic E-state index is 12.5. The molecule has 0 saturated heterocycles. The highest BCUT2D eigenvalue weighted by molar-refractivity contribution is 7.89. The fraction of sp³-hybridized carbons (Fsp3) is 0.636. The molecule has 1 heterocycles. The minimum atomic E-state index is -4.03. The molecule has 0 atom stereocenters. The van der Waals surface area contributed by atoms with Gasteiger partial charge in [0.25, 0.3) is 10.0 Å². The van der Waals surface area contributed by atoms with Crippen molar-refractivity contribution in [2.24, 2.45) is 0 Å². The van der Waals surface area contributed by atoms with E-state index in [9.17, 15) is 13.2 Å². The molecule has 0 fully saturated rings. The second-order valence-corrected chi connectivity index (χ2v) is 6.43. The Morgan fingerprint density at radius 1 is 1.45 bits per heavy atom. The first kappa shape index (κ1) is 16.6. The van der Waals surface area contributed by atoms with E-state index in [1.54, 1.807) is 13.8 Å². The number of carboxylic acid groups (broad SMARTS) is 1. The number of nitrogens with one attached hydrogen (secondary N) is 1. The standard InChI is InChI=1S/C11H19N3O5S/c1-7(2)14(5-4-6-15)20(18,19)10-9(11(16)17)8(3)12-13-10/h7,15H,4-6H2,1-3H3,(H,12,13)(H,16,17). The molecule has 114 valence electrons. The van der Waals surface area contributed by atoms with Gasteiger partial charge >= 0.3 is 5.97 Å². The highest BCUT2D eigenvalue weighted by Crippen LogP contribution is 2.22. The van der Waals surface area contributed by atoms with E-state index in [1.165, 1.54) is 6.92 Å². The maximum Gasteiger partial charge on any atom is 0.340 e. The molecule has 0 aromatic carbocycles. The van der Waals surface area contributed by atoms with Crippen LogP contribution in [0.4, 0.5) is 0 Å². The lowest BCUT2D eigenvalue weighted by atomic mass is 10.3. The van der Waals surface area contributed by atoms with Crippen LogP contribution in [0.15, 0.2) is 5.03 Å². The van der Waals surface area contributed by atoms with Gasteiger partial charge in [0.15, 0.2) is 0 Å². The largest absolute Gasteiger partial charge is 0.478 e. The van der Waals surface area contributed by atoms with Crippen LogP contribution < -0.4 is 0 Å². The fourth-order valence-electron chi connectivity index (χ4n) is 1.84. The number of aliphatic hydroxyl groups excluding tert-OH is 1. The number of aromatic carboxylic acids is 1. The number of aromatic nitrogens is 2. The molecule has 0 amide bonds. The Bertz CT molecular complexity index is 579. The van der Waals surface area contributed by atoms with Crippen molar-refractivity contribution in [2.75, 3.05) is 13.2 Å². The third-order valence-corrected chi connectivity index (χ3v) is 4.80. The van der Waals surface area contributed by atoms with E-state index in [4.69, 9.17) is 10.2 Å². The van der Waals surface area contributed by atoms with Gasteiger partial charge in [0, 0.05) is 24.9 Å². The molecule has 20 heavy (non-hydrogen) atoms. The van der Waals surface area contributed by atoms with Crippen molar-refractivity contribution in [3.8, 4) is 0 Å². The van der Waals surface area contributed by atoms with Gasteiger partial charge in [-0.2, -0.15) is 9.40 Å². The first-order chi connectivity index (χ1) is 9.23. The monoisotopic (exact) mass is 305 g/mol. The van der Waals surface area contributed by atoms with Crippen LogP contribution in [0, 0.1) is 6.92 Å². The molecule has 0 radical (unpaired) electrons. The summed E-state index contributed by atoms with van der Waals surface area (Å²) < 4.78 is 26.2. The first-order valence-corrected chi connectivity index (χ1v) is 7.58. The van der Waals surface area contributed by atoms with Gasteiger partial charge < -0.3 is 10.2 Å². The molecule has 0 bridgehead atoms. The van der Waals surface area contributed by atoms with Crippen molar-refractivity contribution in [1.82, 2.24) is 14.5 Å². The summed E-state index contributed by atoms with van der Waals surface area (Å²) in [5.74, 6) is -1.35. The quantitative estimate of drug-likeness (QED) is 0.661. The number of H-pyrrole nitrogens is 1. The minimum absolute atomic E-state index is 0.0987. The molecule has 1 aromatic heterocycles. The molecule has 0 saturated carbocycles. The van der Waals surface area contributed by atoms with Gasteiger partial charge in [-0.25, -0.2) is 13.2 Å². The van der Waals surface area contributed by atoms with Crippen LogP contribution in [0.5, 0.6) is 0 Å². The first-order valence-electron chi connectivity index (χ1n) is 6.14. The summed E-state index contributed by atoms with van der Waals surface area (Å²) in [6.45, 7) is 4.75. The third kappa shape index (κ3) is 3.17. The van der Waals surface area contributed by atoms with E-state index >= 15 is 0 Å². The van der Waals surface area contributed by atoms with E-state index in [0.717, 1.165) is 4.31 Å². The normalized spacial score (nSPS) is 12.3. The van der Waals surface area contributed by atoms with E-state index < -0.39 is 21.0 Å². The summed E-state index contributed by atoms with van der Waals surface area (Å²) in [5, 5.41) is 23.5. The molecule has 0 aliphatic carbocycles. The molecular weight excluding hydrogens is 286 g/mol. The summed E-state index contributed by atoms with van der Waals surface area (Å²) >= 11 is 0. The number of hydrogen-bond acceptors (Lipinski definition) is 5. The van der Waals surface area contributed by atoms with Crippen molar-refractivity contribution in [2.45, 2.75) is 38.3 Å². The van der Waals surface area contributed by atoms with Crippen LogP contribution >= 0.6 is 0 Å². The Morgan fingerprint density at radius 2 is 2.05 bits per heavy atom. The summed E-state index contributed by atoms with van der Waals surface area (Å²) in [4.78, 5) is 11.2. The molecule has 0 aliphatic heterocycles. The van der Waals surface area contributed by atoms with Crippen LogP contribution in [0.25, 0.3) is 0 Å². The number of aryl methyl sites for hydroxylation is 1. The van der Waals surface area contributed by atoms with Crippen molar-refractivity contribution in [3.05, 3.63) is 11.3 Å². The van der Waals surface area contributed by atoms with Crippen molar-refractivity contribution in [3.63, 3.8) is 0 Å². The zero-order chi connectivity index (χ0) is 15.5. The van der Waals surface area contributed by atoms with E-state index in [2.05, 4.69) is 10.2 Å². The zero-order valence-corrected chi connectivity index (χ0v) is 12.4. The number of aliphatic hydroxyl groups is 1. The van der Waals surface area contributed by atoms with Crippen molar-refractivity contribution < 1.29 is 23.4 Å². The number of aromatic amines is 1. The van der Waals surface area contributed by atoms with Crippen LogP contribution in [0.1, 0.15) is 36.3 Å². The highest BCUT2D eigenvalue weighted by atomic mass is 32.2. The second-order valence-electron chi connectivity index (χ2n) is 4.62. The Kier molecular flexibility index (Phi) is 5.26. The van der Waals surface area contributed by atoms with Crippen molar-refractivity contribution in [1.29, 1.82) is 0 Å². The second kappa shape index (κ2) is 6.33. The predicted molar refractivity (Wildman–Crippen MR) is 71.0 cm³/mol. The van der Waals surface area contributed by atoms with Crippen LogP contribution in [-0.4, -0.2) is 58.3 Å². The Hall–Kier alpha value is -1.45. The summed E-state index contributed by atoms with van der Waals surface area (Å²) in [6.07, 6.45) is 0.267. The average Bonchev–Trinajstić information content (AvgIpc) is 2.71. The molecule has 3 N–H and O–H groups in total. The van der Waals surface area contributed by atoms with E-state index in [1.807, 2.05) is 0 Å². The Labute approximate surface area is 117 Å². The number of sulfonamides is 1. The SMILES string of the molecule is Cc1[nH]nc(S(=O)(=O)N(CCCO)C(C)C)c1C(=O)O. The molecule has 0 unspecified atom stereocenters. The molecule has 0 aliphatic rings. The van der Waals surface area contributed by atoms with Gasteiger partial charge in [-0.15, -0.1) is 0 Å².